The fraction of sp³-hybridized carbons (Fsp3) is 0.300. The summed E-state index contributed by atoms with van der Waals surface area (Å²) in [5.41, 5.74) is 1.01. The zero-order chi connectivity index (χ0) is 11.7. The summed E-state index contributed by atoms with van der Waals surface area (Å²) in [7, 11) is 0. The first kappa shape index (κ1) is 10.4. The van der Waals surface area contributed by atoms with E-state index in [-0.39, 0.29) is 0 Å². The van der Waals surface area contributed by atoms with Crippen molar-refractivity contribution in [2.24, 2.45) is 0 Å². The van der Waals surface area contributed by atoms with Crippen LogP contribution in [0.3, 0.4) is 0 Å². The minimum Gasteiger partial charge on any atom is -0.340 e. The van der Waals surface area contributed by atoms with Crippen molar-refractivity contribution < 1.29 is 4.52 Å². The highest BCUT2D eigenvalue weighted by atomic mass is 32.1. The Labute approximate surface area is 101 Å². The molecule has 0 fully saturated rings. The lowest BCUT2D eigenvalue weighted by Gasteiger charge is -1.96. The van der Waals surface area contributed by atoms with E-state index >= 15 is 0 Å². The van der Waals surface area contributed by atoms with E-state index in [0.29, 0.717) is 24.8 Å². The number of nitrogens with one attached hydrogen (secondary N) is 1. The lowest BCUT2D eigenvalue weighted by molar-refractivity contribution is 0.385. The SMILES string of the molecule is Cc1nc(CNCc2cn3ccsc3n2)no1. The second kappa shape index (κ2) is 4.27. The molecule has 0 aliphatic carbocycles. The van der Waals surface area contributed by atoms with E-state index in [0.717, 1.165) is 10.7 Å². The molecule has 0 unspecified atom stereocenters. The maximum Gasteiger partial charge on any atom is 0.223 e. The van der Waals surface area contributed by atoms with Crippen molar-refractivity contribution in [3.05, 3.63) is 35.2 Å². The van der Waals surface area contributed by atoms with Crippen molar-refractivity contribution in [2.75, 3.05) is 0 Å². The average molecular weight is 249 g/mol. The van der Waals surface area contributed by atoms with Gasteiger partial charge in [-0.3, -0.25) is 4.40 Å². The normalized spacial score (nSPS) is 11.4. The third-order valence-corrected chi connectivity index (χ3v) is 3.07. The molecule has 88 valence electrons. The number of hydrogen-bond acceptors (Lipinski definition) is 6. The number of aryl methyl sites for hydroxylation is 1. The van der Waals surface area contributed by atoms with Crippen LogP contribution in [0.5, 0.6) is 0 Å². The molecule has 0 spiro atoms. The molecular weight excluding hydrogens is 238 g/mol. The minimum absolute atomic E-state index is 0.586. The van der Waals surface area contributed by atoms with Crippen LogP contribution in [-0.2, 0) is 13.1 Å². The quantitative estimate of drug-likeness (QED) is 0.756. The third kappa shape index (κ3) is 2.20. The van der Waals surface area contributed by atoms with Crippen LogP contribution in [0, 0.1) is 6.92 Å². The molecule has 0 aliphatic heterocycles. The number of nitrogens with zero attached hydrogens (tertiary/aromatic N) is 4. The summed E-state index contributed by atoms with van der Waals surface area (Å²) in [5, 5.41) is 9.05. The van der Waals surface area contributed by atoms with Crippen molar-refractivity contribution in [1.82, 2.24) is 24.8 Å². The van der Waals surface area contributed by atoms with Crippen molar-refractivity contribution in [3.63, 3.8) is 0 Å². The molecule has 7 heteroatoms. The average Bonchev–Trinajstić information content (AvgIpc) is 2.94. The van der Waals surface area contributed by atoms with Crippen molar-refractivity contribution >= 4 is 16.3 Å². The Kier molecular flexibility index (Phi) is 2.62. The summed E-state index contributed by atoms with van der Waals surface area (Å²) < 4.78 is 6.90. The highest BCUT2D eigenvalue weighted by Gasteiger charge is 2.04. The molecule has 0 radical (unpaired) electrons. The first-order chi connectivity index (χ1) is 8.31. The van der Waals surface area contributed by atoms with Gasteiger partial charge in [-0.05, 0) is 0 Å². The van der Waals surface area contributed by atoms with Gasteiger partial charge in [0.2, 0.25) is 5.89 Å². The second-order valence-electron chi connectivity index (χ2n) is 3.66. The molecule has 6 nitrogen and oxygen atoms in total. The van der Waals surface area contributed by atoms with Gasteiger partial charge in [-0.15, -0.1) is 11.3 Å². The van der Waals surface area contributed by atoms with Crippen molar-refractivity contribution in [1.29, 1.82) is 0 Å². The molecule has 3 aromatic rings. The standard InChI is InChI=1S/C10H11N5OS/c1-7-12-9(14-16-7)5-11-4-8-6-15-2-3-17-10(15)13-8/h2-3,6,11H,4-5H2,1H3. The summed E-state index contributed by atoms with van der Waals surface area (Å²) in [5.74, 6) is 1.26. The van der Waals surface area contributed by atoms with Gasteiger partial charge in [0.1, 0.15) is 0 Å². The molecule has 3 aromatic heterocycles. The number of rotatable bonds is 4. The van der Waals surface area contributed by atoms with Gasteiger partial charge in [0.25, 0.3) is 0 Å². The number of imidazole rings is 1. The topological polar surface area (TPSA) is 68.2 Å². The van der Waals surface area contributed by atoms with Gasteiger partial charge in [-0.2, -0.15) is 4.98 Å². The number of fused-ring (bicyclic) bond motifs is 1. The third-order valence-electron chi connectivity index (χ3n) is 2.30. The summed E-state index contributed by atoms with van der Waals surface area (Å²) in [4.78, 5) is 9.59. The maximum absolute atomic E-state index is 4.88. The molecular formula is C10H11N5OS. The fourth-order valence-corrected chi connectivity index (χ4v) is 2.30. The van der Waals surface area contributed by atoms with Gasteiger partial charge in [0, 0.05) is 31.2 Å². The molecule has 0 aliphatic rings. The monoisotopic (exact) mass is 249 g/mol. The van der Waals surface area contributed by atoms with E-state index in [1.165, 1.54) is 0 Å². The van der Waals surface area contributed by atoms with E-state index in [1.54, 1.807) is 18.3 Å². The zero-order valence-electron chi connectivity index (χ0n) is 9.25. The van der Waals surface area contributed by atoms with Crippen LogP contribution in [-0.4, -0.2) is 19.5 Å². The van der Waals surface area contributed by atoms with E-state index in [9.17, 15) is 0 Å². The Balaban J connectivity index is 1.59. The van der Waals surface area contributed by atoms with Gasteiger partial charge < -0.3 is 9.84 Å². The predicted molar refractivity (Wildman–Crippen MR) is 62.6 cm³/mol. The van der Waals surface area contributed by atoms with Crippen LogP contribution < -0.4 is 5.32 Å². The van der Waals surface area contributed by atoms with E-state index in [1.807, 2.05) is 22.2 Å². The van der Waals surface area contributed by atoms with Gasteiger partial charge in [0.15, 0.2) is 10.8 Å². The fourth-order valence-electron chi connectivity index (χ4n) is 1.58. The first-order valence-corrected chi connectivity index (χ1v) is 6.10. The molecule has 0 saturated heterocycles. The Hall–Kier alpha value is -1.73. The Morgan fingerprint density at radius 3 is 3.12 bits per heavy atom. The van der Waals surface area contributed by atoms with Gasteiger partial charge >= 0.3 is 0 Å². The van der Waals surface area contributed by atoms with Crippen LogP contribution in [0.4, 0.5) is 0 Å². The molecule has 0 bridgehead atoms. The molecule has 3 heterocycles. The van der Waals surface area contributed by atoms with E-state index < -0.39 is 0 Å². The minimum atomic E-state index is 0.586. The number of thiazole rings is 1. The predicted octanol–water partition coefficient (Wildman–Crippen LogP) is 1.38. The summed E-state index contributed by atoms with van der Waals surface area (Å²) in [6, 6.07) is 0. The number of hydrogen-bond donors (Lipinski definition) is 1. The molecule has 1 N–H and O–H groups in total. The first-order valence-electron chi connectivity index (χ1n) is 5.22. The van der Waals surface area contributed by atoms with E-state index in [4.69, 9.17) is 4.52 Å². The largest absolute Gasteiger partial charge is 0.340 e. The highest BCUT2D eigenvalue weighted by molar-refractivity contribution is 7.15. The molecule has 0 saturated carbocycles. The zero-order valence-corrected chi connectivity index (χ0v) is 10.1. The van der Waals surface area contributed by atoms with Gasteiger partial charge in [0.05, 0.1) is 12.2 Å². The van der Waals surface area contributed by atoms with Gasteiger partial charge in [-0.1, -0.05) is 5.16 Å². The van der Waals surface area contributed by atoms with Crippen LogP contribution in [0.15, 0.2) is 22.3 Å². The molecule has 0 atom stereocenters. The maximum atomic E-state index is 4.88. The van der Waals surface area contributed by atoms with Crippen LogP contribution in [0.2, 0.25) is 0 Å². The molecule has 0 aromatic carbocycles. The van der Waals surface area contributed by atoms with E-state index in [2.05, 4.69) is 20.4 Å². The second-order valence-corrected chi connectivity index (χ2v) is 4.53. The lowest BCUT2D eigenvalue weighted by Crippen LogP contribution is -2.13. The summed E-state index contributed by atoms with van der Waals surface area (Å²) in [6.45, 7) is 3.06. The molecule has 0 amide bonds. The number of aromatic nitrogens is 4. The summed E-state index contributed by atoms with van der Waals surface area (Å²) in [6.07, 6.45) is 4.01. The summed E-state index contributed by atoms with van der Waals surface area (Å²) >= 11 is 1.63. The van der Waals surface area contributed by atoms with Crippen molar-refractivity contribution in [2.45, 2.75) is 20.0 Å². The van der Waals surface area contributed by atoms with Crippen LogP contribution in [0.25, 0.3) is 4.96 Å². The Morgan fingerprint density at radius 1 is 1.41 bits per heavy atom. The lowest BCUT2D eigenvalue weighted by atomic mass is 10.4. The van der Waals surface area contributed by atoms with Crippen LogP contribution in [0.1, 0.15) is 17.4 Å². The Bertz CT molecular complexity index is 597. The van der Waals surface area contributed by atoms with Crippen LogP contribution >= 0.6 is 11.3 Å². The molecule has 3 rings (SSSR count). The smallest absolute Gasteiger partial charge is 0.223 e. The molecule has 17 heavy (non-hydrogen) atoms. The van der Waals surface area contributed by atoms with Gasteiger partial charge in [-0.25, -0.2) is 4.98 Å². The van der Waals surface area contributed by atoms with Crippen molar-refractivity contribution in [3.8, 4) is 0 Å². The highest BCUT2D eigenvalue weighted by Crippen LogP contribution is 2.11. The Morgan fingerprint density at radius 2 is 2.35 bits per heavy atom.